The SMILES string of the molecule is COc1ccc(Cl)cc1-c1cc(F)ccc1C. The first-order chi connectivity index (χ1) is 8.11. The lowest BCUT2D eigenvalue weighted by molar-refractivity contribution is 0.416. The lowest BCUT2D eigenvalue weighted by Gasteiger charge is -2.11. The Morgan fingerprint density at radius 3 is 2.53 bits per heavy atom. The first kappa shape index (κ1) is 11.9. The summed E-state index contributed by atoms with van der Waals surface area (Å²) < 4.78 is 18.6. The van der Waals surface area contributed by atoms with Gasteiger partial charge in [-0.3, -0.25) is 0 Å². The number of halogens is 2. The maximum absolute atomic E-state index is 13.3. The van der Waals surface area contributed by atoms with Crippen LogP contribution in [0.1, 0.15) is 5.56 Å². The zero-order valence-corrected chi connectivity index (χ0v) is 10.4. The van der Waals surface area contributed by atoms with Crippen LogP contribution in [0.2, 0.25) is 5.02 Å². The fourth-order valence-electron chi connectivity index (χ4n) is 1.78. The lowest BCUT2D eigenvalue weighted by Crippen LogP contribution is -1.91. The minimum Gasteiger partial charge on any atom is -0.496 e. The molecule has 0 aliphatic heterocycles. The molecule has 88 valence electrons. The Kier molecular flexibility index (Phi) is 3.34. The van der Waals surface area contributed by atoms with Crippen molar-refractivity contribution in [3.05, 3.63) is 52.8 Å². The van der Waals surface area contributed by atoms with E-state index in [-0.39, 0.29) is 5.82 Å². The normalized spacial score (nSPS) is 10.4. The van der Waals surface area contributed by atoms with Crippen LogP contribution in [0.3, 0.4) is 0 Å². The van der Waals surface area contributed by atoms with Gasteiger partial charge < -0.3 is 4.74 Å². The molecule has 0 aromatic heterocycles. The summed E-state index contributed by atoms with van der Waals surface area (Å²) in [6.07, 6.45) is 0. The number of ether oxygens (including phenoxy) is 1. The van der Waals surface area contributed by atoms with Crippen molar-refractivity contribution in [1.82, 2.24) is 0 Å². The van der Waals surface area contributed by atoms with Crippen LogP contribution in [-0.4, -0.2) is 7.11 Å². The van der Waals surface area contributed by atoms with Crippen molar-refractivity contribution in [2.24, 2.45) is 0 Å². The van der Waals surface area contributed by atoms with Gasteiger partial charge in [-0.2, -0.15) is 0 Å². The highest BCUT2D eigenvalue weighted by Gasteiger charge is 2.10. The predicted molar refractivity (Wildman–Crippen MR) is 68.1 cm³/mol. The van der Waals surface area contributed by atoms with Crippen LogP contribution in [0.15, 0.2) is 36.4 Å². The molecule has 0 bridgehead atoms. The number of benzene rings is 2. The van der Waals surface area contributed by atoms with E-state index in [1.54, 1.807) is 31.4 Å². The lowest BCUT2D eigenvalue weighted by atomic mass is 9.99. The van der Waals surface area contributed by atoms with Crippen LogP contribution < -0.4 is 4.74 Å². The third kappa shape index (κ3) is 2.42. The molecule has 0 radical (unpaired) electrons. The van der Waals surface area contributed by atoms with Crippen LogP contribution in [0.25, 0.3) is 11.1 Å². The smallest absolute Gasteiger partial charge is 0.126 e. The third-order valence-corrected chi connectivity index (χ3v) is 2.89. The molecular weight excluding hydrogens is 239 g/mol. The Balaban J connectivity index is 2.66. The minimum atomic E-state index is -0.271. The molecular formula is C14H12ClFO. The first-order valence-electron chi connectivity index (χ1n) is 5.22. The van der Waals surface area contributed by atoms with Gasteiger partial charge in [-0.15, -0.1) is 0 Å². The maximum Gasteiger partial charge on any atom is 0.126 e. The molecule has 3 heteroatoms. The summed E-state index contributed by atoms with van der Waals surface area (Å²) in [4.78, 5) is 0. The second-order valence-corrected chi connectivity index (χ2v) is 4.24. The summed E-state index contributed by atoms with van der Waals surface area (Å²) in [6.45, 7) is 1.93. The van der Waals surface area contributed by atoms with Crippen molar-refractivity contribution in [1.29, 1.82) is 0 Å². The molecule has 0 saturated carbocycles. The van der Waals surface area contributed by atoms with Crippen molar-refractivity contribution < 1.29 is 9.13 Å². The van der Waals surface area contributed by atoms with Crippen molar-refractivity contribution in [3.63, 3.8) is 0 Å². The van der Waals surface area contributed by atoms with E-state index in [2.05, 4.69) is 0 Å². The van der Waals surface area contributed by atoms with E-state index >= 15 is 0 Å². The summed E-state index contributed by atoms with van der Waals surface area (Å²) in [5.74, 6) is 0.413. The van der Waals surface area contributed by atoms with E-state index in [0.29, 0.717) is 10.8 Å². The summed E-state index contributed by atoms with van der Waals surface area (Å²) in [5, 5.41) is 0.601. The molecule has 0 fully saturated rings. The van der Waals surface area contributed by atoms with Crippen molar-refractivity contribution in [2.45, 2.75) is 6.92 Å². The van der Waals surface area contributed by atoms with Gasteiger partial charge >= 0.3 is 0 Å². The summed E-state index contributed by atoms with van der Waals surface area (Å²) >= 11 is 5.97. The molecule has 2 rings (SSSR count). The Morgan fingerprint density at radius 1 is 1.06 bits per heavy atom. The number of rotatable bonds is 2. The van der Waals surface area contributed by atoms with Gasteiger partial charge in [0.15, 0.2) is 0 Å². The molecule has 0 atom stereocenters. The summed E-state index contributed by atoms with van der Waals surface area (Å²) in [7, 11) is 1.58. The van der Waals surface area contributed by atoms with Crippen LogP contribution >= 0.6 is 11.6 Å². The van der Waals surface area contributed by atoms with Gasteiger partial charge in [0.25, 0.3) is 0 Å². The number of methoxy groups -OCH3 is 1. The number of hydrogen-bond donors (Lipinski definition) is 0. The Morgan fingerprint density at radius 2 is 1.82 bits per heavy atom. The van der Waals surface area contributed by atoms with Gasteiger partial charge in [-0.05, 0) is 48.4 Å². The van der Waals surface area contributed by atoms with E-state index in [1.165, 1.54) is 12.1 Å². The fourth-order valence-corrected chi connectivity index (χ4v) is 1.95. The summed E-state index contributed by atoms with van der Waals surface area (Å²) in [6, 6.07) is 9.98. The molecule has 0 aliphatic rings. The number of hydrogen-bond acceptors (Lipinski definition) is 1. The van der Waals surface area contributed by atoms with E-state index in [9.17, 15) is 4.39 Å². The monoisotopic (exact) mass is 250 g/mol. The molecule has 2 aromatic rings. The second-order valence-electron chi connectivity index (χ2n) is 3.80. The van der Waals surface area contributed by atoms with Crippen molar-refractivity contribution in [2.75, 3.05) is 7.11 Å². The van der Waals surface area contributed by atoms with Crippen LogP contribution in [-0.2, 0) is 0 Å². The molecule has 0 aliphatic carbocycles. The van der Waals surface area contributed by atoms with Crippen LogP contribution in [0.4, 0.5) is 4.39 Å². The van der Waals surface area contributed by atoms with Gasteiger partial charge in [0.2, 0.25) is 0 Å². The Labute approximate surface area is 105 Å². The first-order valence-corrected chi connectivity index (χ1v) is 5.59. The quantitative estimate of drug-likeness (QED) is 0.765. The van der Waals surface area contributed by atoms with Gasteiger partial charge in [0.05, 0.1) is 7.11 Å². The van der Waals surface area contributed by atoms with Gasteiger partial charge in [0, 0.05) is 10.6 Å². The molecule has 0 N–H and O–H groups in total. The maximum atomic E-state index is 13.3. The second kappa shape index (κ2) is 4.76. The molecule has 0 heterocycles. The highest BCUT2D eigenvalue weighted by Crippen LogP contribution is 2.34. The molecule has 2 aromatic carbocycles. The molecule has 0 amide bonds. The molecule has 0 unspecified atom stereocenters. The average Bonchev–Trinajstić information content (AvgIpc) is 2.32. The summed E-state index contributed by atoms with van der Waals surface area (Å²) in [5.41, 5.74) is 2.58. The van der Waals surface area contributed by atoms with E-state index < -0.39 is 0 Å². The standard InChI is InChI=1S/C14H12ClFO/c1-9-3-5-11(16)8-12(9)13-7-10(15)4-6-14(13)17-2/h3-8H,1-2H3. The molecule has 17 heavy (non-hydrogen) atoms. The van der Waals surface area contributed by atoms with E-state index in [1.807, 2.05) is 6.92 Å². The molecule has 0 saturated heterocycles. The van der Waals surface area contributed by atoms with Crippen molar-refractivity contribution in [3.8, 4) is 16.9 Å². The zero-order valence-electron chi connectivity index (χ0n) is 9.63. The number of aryl methyl sites for hydroxylation is 1. The van der Waals surface area contributed by atoms with Gasteiger partial charge in [0.1, 0.15) is 11.6 Å². The van der Waals surface area contributed by atoms with Crippen LogP contribution in [0.5, 0.6) is 5.75 Å². The molecule has 0 spiro atoms. The zero-order chi connectivity index (χ0) is 12.4. The van der Waals surface area contributed by atoms with Crippen LogP contribution in [0, 0.1) is 12.7 Å². The van der Waals surface area contributed by atoms with Gasteiger partial charge in [-0.25, -0.2) is 4.39 Å². The van der Waals surface area contributed by atoms with Gasteiger partial charge in [-0.1, -0.05) is 17.7 Å². The highest BCUT2D eigenvalue weighted by molar-refractivity contribution is 6.31. The van der Waals surface area contributed by atoms with E-state index in [4.69, 9.17) is 16.3 Å². The third-order valence-electron chi connectivity index (χ3n) is 2.65. The molecule has 1 nitrogen and oxygen atoms in total. The van der Waals surface area contributed by atoms with Crippen molar-refractivity contribution >= 4 is 11.6 Å². The average molecular weight is 251 g/mol. The largest absolute Gasteiger partial charge is 0.496 e. The predicted octanol–water partition coefficient (Wildman–Crippen LogP) is 4.46. The highest BCUT2D eigenvalue weighted by atomic mass is 35.5. The topological polar surface area (TPSA) is 9.23 Å². The fraction of sp³-hybridized carbons (Fsp3) is 0.143. The van der Waals surface area contributed by atoms with E-state index in [0.717, 1.165) is 16.7 Å². The Bertz CT molecular complexity index is 552. The minimum absolute atomic E-state index is 0.271. The Hall–Kier alpha value is -1.54.